The van der Waals surface area contributed by atoms with E-state index in [-0.39, 0.29) is 30.4 Å². The van der Waals surface area contributed by atoms with Gasteiger partial charge >= 0.3 is 0 Å². The van der Waals surface area contributed by atoms with Crippen LogP contribution in [0.5, 0.6) is 0 Å². The van der Waals surface area contributed by atoms with E-state index in [0.717, 1.165) is 18.5 Å². The summed E-state index contributed by atoms with van der Waals surface area (Å²) in [6, 6.07) is 8.65. The summed E-state index contributed by atoms with van der Waals surface area (Å²) >= 11 is 0. The first-order chi connectivity index (χ1) is 17.9. The molecule has 3 amide bonds. The van der Waals surface area contributed by atoms with Crippen LogP contribution >= 0.6 is 0 Å². The summed E-state index contributed by atoms with van der Waals surface area (Å²) in [5.74, 6) is -2.02. The Balaban J connectivity index is 1.56. The topological polar surface area (TPSA) is 90.4 Å². The van der Waals surface area contributed by atoms with Gasteiger partial charge in [-0.2, -0.15) is 0 Å². The van der Waals surface area contributed by atoms with E-state index < -0.39 is 29.6 Å². The summed E-state index contributed by atoms with van der Waals surface area (Å²) in [5.41, 5.74) is -0.434. The molecular weight excluding hydrogens is 470 g/mol. The molecule has 2 unspecified atom stereocenters. The molecule has 8 heteroatoms. The van der Waals surface area contributed by atoms with Gasteiger partial charge in [0, 0.05) is 38.0 Å². The maximum atomic E-state index is 14.2. The van der Waals surface area contributed by atoms with Crippen molar-refractivity contribution in [3.05, 3.63) is 54.6 Å². The number of unbranched alkanes of at least 4 members (excludes halogenated alkanes) is 1. The highest BCUT2D eigenvalue weighted by atomic mass is 16.5. The highest BCUT2D eigenvalue weighted by Crippen LogP contribution is 2.53. The molecule has 6 atom stereocenters. The van der Waals surface area contributed by atoms with Crippen molar-refractivity contribution in [3.8, 4) is 0 Å². The van der Waals surface area contributed by atoms with Gasteiger partial charge in [-0.05, 0) is 38.3 Å². The van der Waals surface area contributed by atoms with Crippen LogP contribution in [0, 0.1) is 11.8 Å². The van der Waals surface area contributed by atoms with E-state index in [2.05, 4.69) is 6.92 Å². The smallest absolute Gasteiger partial charge is 0.249 e. The van der Waals surface area contributed by atoms with Crippen LogP contribution in [0.4, 0.5) is 5.69 Å². The van der Waals surface area contributed by atoms with Gasteiger partial charge in [0.05, 0.1) is 17.9 Å². The number of amides is 3. The number of likely N-dealkylation sites (tertiary alicyclic amines) is 1. The molecule has 8 nitrogen and oxygen atoms in total. The van der Waals surface area contributed by atoms with Crippen molar-refractivity contribution in [2.24, 2.45) is 11.8 Å². The Morgan fingerprint density at radius 1 is 1.05 bits per heavy atom. The molecule has 2 saturated heterocycles. The van der Waals surface area contributed by atoms with Crippen LogP contribution < -0.4 is 4.90 Å². The van der Waals surface area contributed by atoms with Gasteiger partial charge < -0.3 is 24.5 Å². The predicted octanol–water partition coefficient (Wildman–Crippen LogP) is 2.53. The molecule has 2 fully saturated rings. The minimum atomic E-state index is -1.21. The SMILES string of the molecule is CCCC(C)N1CC=C[C@]23O[C@H]4C=CCN(c5ccccc5)C(=O)[C@H]4[C@H]2C(=O)N(CCCCO)C3C1=O. The number of ether oxygens (including phenoxy) is 1. The molecule has 1 aromatic carbocycles. The second kappa shape index (κ2) is 10.4. The number of para-hydroxylation sites is 1. The highest BCUT2D eigenvalue weighted by Gasteiger charge is 2.71. The van der Waals surface area contributed by atoms with E-state index in [1.165, 1.54) is 0 Å². The maximum Gasteiger partial charge on any atom is 0.249 e. The molecule has 4 heterocycles. The first-order valence-corrected chi connectivity index (χ1v) is 13.5. The zero-order valence-corrected chi connectivity index (χ0v) is 21.7. The van der Waals surface area contributed by atoms with E-state index in [9.17, 15) is 19.5 Å². The lowest BCUT2D eigenvalue weighted by Crippen LogP contribution is -2.56. The Bertz CT molecular complexity index is 1090. The summed E-state index contributed by atoms with van der Waals surface area (Å²) < 4.78 is 6.68. The highest BCUT2D eigenvalue weighted by molar-refractivity contribution is 6.03. The fourth-order valence-corrected chi connectivity index (χ4v) is 6.60. The average molecular weight is 508 g/mol. The van der Waals surface area contributed by atoms with Gasteiger partial charge in [0.25, 0.3) is 0 Å². The number of carbonyl (C=O) groups is 3. The third-order valence-corrected chi connectivity index (χ3v) is 8.30. The zero-order valence-electron chi connectivity index (χ0n) is 21.7. The summed E-state index contributed by atoms with van der Waals surface area (Å²) in [5, 5.41) is 9.35. The van der Waals surface area contributed by atoms with Crippen molar-refractivity contribution in [1.82, 2.24) is 9.80 Å². The number of aliphatic hydroxyl groups is 1. The van der Waals surface area contributed by atoms with Crippen molar-refractivity contribution >= 4 is 23.4 Å². The Hall–Kier alpha value is -2.97. The van der Waals surface area contributed by atoms with Crippen LogP contribution in [0.25, 0.3) is 0 Å². The third kappa shape index (κ3) is 4.20. The lowest BCUT2D eigenvalue weighted by atomic mass is 9.77. The average Bonchev–Trinajstić information content (AvgIpc) is 3.20. The number of hydrogen-bond donors (Lipinski definition) is 1. The van der Waals surface area contributed by atoms with Crippen molar-refractivity contribution in [1.29, 1.82) is 0 Å². The van der Waals surface area contributed by atoms with Gasteiger partial charge in [-0.1, -0.05) is 55.8 Å². The molecular formula is C29H37N3O5. The third-order valence-electron chi connectivity index (χ3n) is 8.30. The van der Waals surface area contributed by atoms with Gasteiger partial charge in [-0.15, -0.1) is 0 Å². The molecule has 0 radical (unpaired) electrons. The Morgan fingerprint density at radius 3 is 2.57 bits per heavy atom. The number of aliphatic hydroxyl groups excluding tert-OH is 1. The first-order valence-electron chi connectivity index (χ1n) is 13.5. The number of nitrogens with zero attached hydrogens (tertiary/aromatic N) is 3. The minimum absolute atomic E-state index is 0.0191. The van der Waals surface area contributed by atoms with Gasteiger partial charge in [0.15, 0.2) is 0 Å². The number of hydrogen-bond acceptors (Lipinski definition) is 5. The van der Waals surface area contributed by atoms with E-state index in [0.29, 0.717) is 32.5 Å². The molecule has 0 bridgehead atoms. The van der Waals surface area contributed by atoms with E-state index >= 15 is 0 Å². The van der Waals surface area contributed by atoms with Crippen molar-refractivity contribution in [3.63, 3.8) is 0 Å². The fourth-order valence-electron chi connectivity index (χ4n) is 6.60. The fraction of sp³-hybridized carbons (Fsp3) is 0.552. The Labute approximate surface area is 218 Å². The Morgan fingerprint density at radius 2 is 1.84 bits per heavy atom. The van der Waals surface area contributed by atoms with Gasteiger partial charge in [-0.3, -0.25) is 14.4 Å². The first kappa shape index (κ1) is 25.7. The molecule has 1 aromatic rings. The normalized spacial score (nSPS) is 31.8. The minimum Gasteiger partial charge on any atom is -0.396 e. The molecule has 0 saturated carbocycles. The quantitative estimate of drug-likeness (QED) is 0.431. The monoisotopic (exact) mass is 507 g/mol. The van der Waals surface area contributed by atoms with Crippen LogP contribution in [0.2, 0.25) is 0 Å². The maximum absolute atomic E-state index is 14.2. The summed E-state index contributed by atoms with van der Waals surface area (Å²) in [6.45, 7) is 5.34. The van der Waals surface area contributed by atoms with Crippen LogP contribution in [-0.4, -0.2) is 82.7 Å². The summed E-state index contributed by atoms with van der Waals surface area (Å²) in [4.78, 5) is 47.6. The molecule has 0 aliphatic carbocycles. The van der Waals surface area contributed by atoms with Gasteiger partial charge in [0.1, 0.15) is 11.6 Å². The molecule has 0 aromatic heterocycles. The van der Waals surface area contributed by atoms with Crippen molar-refractivity contribution < 1.29 is 24.2 Å². The molecule has 4 aliphatic heterocycles. The van der Waals surface area contributed by atoms with E-state index in [1.54, 1.807) is 9.80 Å². The second-order valence-corrected chi connectivity index (χ2v) is 10.5. The molecule has 5 rings (SSSR count). The zero-order chi connectivity index (χ0) is 26.2. The molecule has 1 spiro atoms. The van der Waals surface area contributed by atoms with E-state index in [1.807, 2.05) is 66.5 Å². The second-order valence-electron chi connectivity index (χ2n) is 10.5. The number of benzene rings is 1. The van der Waals surface area contributed by atoms with Crippen molar-refractivity contribution in [2.45, 2.75) is 63.3 Å². The van der Waals surface area contributed by atoms with Crippen LogP contribution in [-0.2, 0) is 19.1 Å². The lowest BCUT2D eigenvalue weighted by Gasteiger charge is -2.37. The molecule has 1 N–H and O–H groups in total. The number of fused-ring (bicyclic) bond motifs is 2. The predicted molar refractivity (Wildman–Crippen MR) is 140 cm³/mol. The molecule has 37 heavy (non-hydrogen) atoms. The van der Waals surface area contributed by atoms with E-state index in [4.69, 9.17) is 4.74 Å². The standard InChI is InChI=1S/C29H37N3O5/c1-3-11-20(2)30-18-10-15-29-24(27(35)32(16-7-8-19-33)25(29)28(30)36)23-22(37-29)14-9-17-31(26(23)34)21-12-5-4-6-13-21/h4-6,9-10,12-15,20,22-25,33H,3,7-8,11,16-19H2,1-2H3/t20?,22-,23+,24-,25?,29-/m0/s1. The van der Waals surface area contributed by atoms with Crippen LogP contribution in [0.15, 0.2) is 54.6 Å². The van der Waals surface area contributed by atoms with Gasteiger partial charge in [0.2, 0.25) is 17.7 Å². The summed E-state index contributed by atoms with van der Waals surface area (Å²) in [6.07, 6.45) is 9.97. The van der Waals surface area contributed by atoms with Crippen molar-refractivity contribution in [2.75, 3.05) is 31.1 Å². The number of rotatable bonds is 8. The lowest BCUT2D eigenvalue weighted by molar-refractivity contribution is -0.148. The number of carbonyl (C=O) groups excluding carboxylic acids is 3. The Kier molecular flexibility index (Phi) is 7.23. The molecule has 198 valence electrons. The largest absolute Gasteiger partial charge is 0.396 e. The van der Waals surface area contributed by atoms with Crippen LogP contribution in [0.1, 0.15) is 39.5 Å². The van der Waals surface area contributed by atoms with Gasteiger partial charge in [-0.25, -0.2) is 0 Å². The van der Waals surface area contributed by atoms with Crippen LogP contribution in [0.3, 0.4) is 0 Å². The summed E-state index contributed by atoms with van der Waals surface area (Å²) in [7, 11) is 0. The number of anilines is 1. The molecule has 4 aliphatic rings.